The molecule has 1 aromatic rings. The van der Waals surface area contributed by atoms with E-state index in [0.29, 0.717) is 18.1 Å². The third-order valence-electron chi connectivity index (χ3n) is 3.85. The molecule has 4 nitrogen and oxygen atoms in total. The minimum atomic E-state index is -1.02. The molecule has 23 heavy (non-hydrogen) atoms. The number of carbonyl (C=O) groups excluding carboxylic acids is 1. The Morgan fingerprint density at radius 1 is 1.39 bits per heavy atom. The van der Waals surface area contributed by atoms with Crippen LogP contribution in [0.25, 0.3) is 0 Å². The first-order chi connectivity index (χ1) is 10.9. The summed E-state index contributed by atoms with van der Waals surface area (Å²) in [6, 6.07) is 7.25. The molecule has 0 aliphatic carbocycles. The molecule has 1 aliphatic heterocycles. The summed E-state index contributed by atoms with van der Waals surface area (Å²) in [5.41, 5.74) is 0.454. The van der Waals surface area contributed by atoms with E-state index in [1.165, 1.54) is 0 Å². The van der Waals surface area contributed by atoms with Crippen molar-refractivity contribution in [3.05, 3.63) is 35.4 Å². The number of ether oxygens (including phenoxy) is 1. The zero-order chi connectivity index (χ0) is 16.9. The van der Waals surface area contributed by atoms with Gasteiger partial charge in [0.25, 0.3) is 5.91 Å². The number of rotatable bonds is 3. The van der Waals surface area contributed by atoms with Gasteiger partial charge in [-0.05, 0) is 56.9 Å². The lowest BCUT2D eigenvalue weighted by Gasteiger charge is -2.32. The van der Waals surface area contributed by atoms with Crippen LogP contribution in [0.1, 0.15) is 42.6 Å². The van der Waals surface area contributed by atoms with E-state index in [1.54, 1.807) is 33.1 Å². The van der Waals surface area contributed by atoms with Crippen LogP contribution in [0.4, 0.5) is 0 Å². The van der Waals surface area contributed by atoms with Gasteiger partial charge >= 0.3 is 0 Å². The van der Waals surface area contributed by atoms with Crippen molar-refractivity contribution in [3.8, 4) is 11.8 Å². The van der Waals surface area contributed by atoms with Crippen LogP contribution in [0.3, 0.4) is 0 Å². The Hall–Kier alpha value is -1.83. The van der Waals surface area contributed by atoms with Gasteiger partial charge in [-0.25, -0.2) is 0 Å². The topological polar surface area (TPSA) is 49.8 Å². The molecular formula is C19H25NO3. The van der Waals surface area contributed by atoms with Crippen molar-refractivity contribution < 1.29 is 14.6 Å². The number of likely N-dealkylation sites (tertiary alicyclic amines) is 1. The van der Waals surface area contributed by atoms with Crippen molar-refractivity contribution in [2.24, 2.45) is 5.92 Å². The maximum absolute atomic E-state index is 12.6. The molecule has 1 saturated heterocycles. The number of nitrogens with zero attached hydrogens (tertiary/aromatic N) is 1. The van der Waals surface area contributed by atoms with Gasteiger partial charge < -0.3 is 14.7 Å². The number of hydrogen-bond acceptors (Lipinski definition) is 3. The zero-order valence-electron chi connectivity index (χ0n) is 14.1. The van der Waals surface area contributed by atoms with E-state index >= 15 is 0 Å². The summed E-state index contributed by atoms with van der Waals surface area (Å²) >= 11 is 0. The molecule has 0 aromatic heterocycles. The normalized spacial score (nSPS) is 18.3. The molecule has 4 heteroatoms. The molecule has 0 spiro atoms. The molecule has 124 valence electrons. The Kier molecular flexibility index (Phi) is 5.81. The molecule has 0 radical (unpaired) electrons. The number of amides is 1. The van der Waals surface area contributed by atoms with Gasteiger partial charge in [-0.1, -0.05) is 11.8 Å². The van der Waals surface area contributed by atoms with E-state index in [0.717, 1.165) is 31.5 Å². The third-order valence-corrected chi connectivity index (χ3v) is 3.85. The number of methoxy groups -OCH3 is 1. The summed E-state index contributed by atoms with van der Waals surface area (Å²) in [6.07, 6.45) is 2.14. The summed E-state index contributed by atoms with van der Waals surface area (Å²) in [7, 11) is 1.70. The van der Waals surface area contributed by atoms with Crippen LogP contribution in [-0.2, 0) is 4.74 Å². The highest BCUT2D eigenvalue weighted by Gasteiger charge is 2.24. The van der Waals surface area contributed by atoms with Crippen LogP contribution >= 0.6 is 0 Å². The quantitative estimate of drug-likeness (QED) is 0.871. The molecule has 1 fully saturated rings. The van der Waals surface area contributed by atoms with Crippen molar-refractivity contribution in [3.63, 3.8) is 0 Å². The molecule has 1 heterocycles. The lowest BCUT2D eigenvalue weighted by Crippen LogP contribution is -2.41. The van der Waals surface area contributed by atoms with Gasteiger partial charge in [0.2, 0.25) is 0 Å². The fourth-order valence-electron chi connectivity index (χ4n) is 2.73. The van der Waals surface area contributed by atoms with Crippen LogP contribution in [0.5, 0.6) is 0 Å². The first-order valence-corrected chi connectivity index (χ1v) is 8.03. The molecule has 1 N–H and O–H groups in total. The first-order valence-electron chi connectivity index (χ1n) is 8.03. The third kappa shape index (κ3) is 5.38. The Morgan fingerprint density at radius 3 is 2.70 bits per heavy atom. The fraction of sp³-hybridized carbons (Fsp3) is 0.526. The number of piperidine rings is 1. The second-order valence-corrected chi connectivity index (χ2v) is 6.60. The molecule has 1 aliphatic rings. The molecule has 1 atom stereocenters. The molecule has 1 amide bonds. The largest absolute Gasteiger partial charge is 0.384 e. The number of benzene rings is 1. The predicted octanol–water partition coefficient (Wildman–Crippen LogP) is 2.31. The van der Waals surface area contributed by atoms with Gasteiger partial charge in [0.1, 0.15) is 5.60 Å². The number of hydrogen-bond donors (Lipinski definition) is 1. The Balaban J connectivity index is 2.03. The fourth-order valence-corrected chi connectivity index (χ4v) is 2.73. The summed E-state index contributed by atoms with van der Waals surface area (Å²) in [6.45, 7) is 5.55. The molecule has 2 rings (SSSR count). The Bertz CT molecular complexity index is 588. The first kappa shape index (κ1) is 17.5. The van der Waals surface area contributed by atoms with Crippen LogP contribution in [-0.4, -0.2) is 48.3 Å². The number of aliphatic hydroxyl groups is 1. The lowest BCUT2D eigenvalue weighted by atomic mass is 9.98. The van der Waals surface area contributed by atoms with Crippen molar-refractivity contribution in [1.82, 2.24) is 4.90 Å². The summed E-state index contributed by atoms with van der Waals surface area (Å²) in [5.74, 6) is 6.17. The second-order valence-electron chi connectivity index (χ2n) is 6.60. The van der Waals surface area contributed by atoms with E-state index in [2.05, 4.69) is 11.8 Å². The van der Waals surface area contributed by atoms with E-state index in [1.807, 2.05) is 17.0 Å². The molecule has 0 bridgehead atoms. The van der Waals surface area contributed by atoms with Crippen molar-refractivity contribution >= 4 is 5.91 Å². The molecular weight excluding hydrogens is 290 g/mol. The molecule has 1 aromatic carbocycles. The summed E-state index contributed by atoms with van der Waals surface area (Å²) < 4.78 is 5.21. The monoisotopic (exact) mass is 315 g/mol. The van der Waals surface area contributed by atoms with E-state index in [9.17, 15) is 9.90 Å². The second kappa shape index (κ2) is 7.63. The maximum atomic E-state index is 12.6. The number of carbonyl (C=O) groups is 1. The minimum absolute atomic E-state index is 0.0628. The van der Waals surface area contributed by atoms with Crippen LogP contribution < -0.4 is 0 Å². The molecule has 0 unspecified atom stereocenters. The predicted molar refractivity (Wildman–Crippen MR) is 90.1 cm³/mol. The highest BCUT2D eigenvalue weighted by atomic mass is 16.5. The zero-order valence-corrected chi connectivity index (χ0v) is 14.1. The van der Waals surface area contributed by atoms with Gasteiger partial charge in [-0.2, -0.15) is 0 Å². The standard InChI is InChI=1S/C19H25NO3/c1-19(2,22)11-10-15-6-8-17(9-7-15)18(21)20-12-4-5-16(13-20)14-23-3/h6-9,16,22H,4-5,12-14H2,1-3H3/t16-/m1/s1. The van der Waals surface area contributed by atoms with Gasteiger partial charge in [-0.15, -0.1) is 0 Å². The van der Waals surface area contributed by atoms with Crippen molar-refractivity contribution in [1.29, 1.82) is 0 Å². The highest BCUT2D eigenvalue weighted by Crippen LogP contribution is 2.19. The summed E-state index contributed by atoms with van der Waals surface area (Å²) in [5, 5.41) is 9.62. The van der Waals surface area contributed by atoms with Crippen molar-refractivity contribution in [2.75, 3.05) is 26.8 Å². The van der Waals surface area contributed by atoms with Crippen LogP contribution in [0.2, 0.25) is 0 Å². The molecule has 0 saturated carbocycles. The van der Waals surface area contributed by atoms with Gasteiger partial charge in [0.05, 0.1) is 6.61 Å². The summed E-state index contributed by atoms with van der Waals surface area (Å²) in [4.78, 5) is 14.5. The lowest BCUT2D eigenvalue weighted by molar-refractivity contribution is 0.0571. The van der Waals surface area contributed by atoms with Gasteiger partial charge in [0, 0.05) is 31.3 Å². The Labute approximate surface area is 138 Å². The van der Waals surface area contributed by atoms with E-state index in [-0.39, 0.29) is 5.91 Å². The minimum Gasteiger partial charge on any atom is -0.384 e. The van der Waals surface area contributed by atoms with Gasteiger partial charge in [-0.3, -0.25) is 4.79 Å². The SMILES string of the molecule is COC[C@@H]1CCCN(C(=O)c2ccc(C#CC(C)(C)O)cc2)C1. The average Bonchev–Trinajstić information content (AvgIpc) is 2.53. The van der Waals surface area contributed by atoms with Gasteiger partial charge in [0.15, 0.2) is 0 Å². The smallest absolute Gasteiger partial charge is 0.253 e. The average molecular weight is 315 g/mol. The highest BCUT2D eigenvalue weighted by molar-refractivity contribution is 5.94. The van der Waals surface area contributed by atoms with E-state index < -0.39 is 5.60 Å². The Morgan fingerprint density at radius 2 is 2.09 bits per heavy atom. The van der Waals surface area contributed by atoms with Crippen molar-refractivity contribution in [2.45, 2.75) is 32.3 Å². The van der Waals surface area contributed by atoms with E-state index in [4.69, 9.17) is 4.74 Å². The van der Waals surface area contributed by atoms with Crippen LogP contribution in [0.15, 0.2) is 24.3 Å². The maximum Gasteiger partial charge on any atom is 0.253 e. The van der Waals surface area contributed by atoms with Crippen LogP contribution in [0, 0.1) is 17.8 Å².